The van der Waals surface area contributed by atoms with Crippen molar-refractivity contribution >= 4 is 50.3 Å². The molecule has 1 aromatic carbocycles. The molecule has 7 heteroatoms. The van der Waals surface area contributed by atoms with E-state index in [4.69, 9.17) is 17.2 Å². The third-order valence-corrected chi connectivity index (χ3v) is 7.39. The Balaban J connectivity index is 1.82. The first-order valence-electron chi connectivity index (χ1n) is 11.3. The lowest BCUT2D eigenvalue weighted by molar-refractivity contribution is 0.308. The summed E-state index contributed by atoms with van der Waals surface area (Å²) in [5.41, 5.74) is 3.47. The largest absolute Gasteiger partial charge is 0.370 e. The van der Waals surface area contributed by atoms with Gasteiger partial charge in [-0.05, 0) is 56.7 Å². The fraction of sp³-hybridized carbons (Fsp3) is 0.652. The second-order valence-electron chi connectivity index (χ2n) is 9.06. The summed E-state index contributed by atoms with van der Waals surface area (Å²) in [5, 5.41) is 8.76. The van der Waals surface area contributed by atoms with E-state index in [9.17, 15) is 0 Å². The van der Waals surface area contributed by atoms with E-state index in [1.165, 1.54) is 34.7 Å². The molecule has 1 saturated heterocycles. The van der Waals surface area contributed by atoms with Gasteiger partial charge in [-0.3, -0.25) is 0 Å². The van der Waals surface area contributed by atoms with Crippen LogP contribution in [0.5, 0.6) is 0 Å². The van der Waals surface area contributed by atoms with Crippen molar-refractivity contribution < 1.29 is 0 Å². The third kappa shape index (κ3) is 5.83. The minimum Gasteiger partial charge on any atom is -0.370 e. The Hall–Kier alpha value is -1.44. The molecule has 166 valence electrons. The average molecular weight is 448 g/mol. The molecule has 3 rings (SSSR count). The van der Waals surface area contributed by atoms with Gasteiger partial charge in [0.25, 0.3) is 0 Å². The van der Waals surface area contributed by atoms with E-state index in [1.54, 1.807) is 11.3 Å². The Labute approximate surface area is 191 Å². The molecule has 0 unspecified atom stereocenters. The van der Waals surface area contributed by atoms with E-state index >= 15 is 0 Å². The molecule has 0 saturated carbocycles. The quantitative estimate of drug-likeness (QED) is 0.568. The van der Waals surface area contributed by atoms with Crippen LogP contribution in [0.15, 0.2) is 12.1 Å². The Kier molecular flexibility index (Phi) is 7.93. The second kappa shape index (κ2) is 10.2. The lowest BCUT2D eigenvalue weighted by Gasteiger charge is -2.31. The predicted molar refractivity (Wildman–Crippen MR) is 136 cm³/mol. The van der Waals surface area contributed by atoms with Crippen molar-refractivity contribution in [3.05, 3.63) is 17.1 Å². The van der Waals surface area contributed by atoms with E-state index in [2.05, 4.69) is 67.2 Å². The highest BCUT2D eigenvalue weighted by atomic mass is 32.1. The summed E-state index contributed by atoms with van der Waals surface area (Å²) < 4.78 is 1.22. The average Bonchev–Trinajstić information content (AvgIpc) is 3.15. The molecule has 1 fully saturated rings. The second-order valence-corrected chi connectivity index (χ2v) is 10.5. The van der Waals surface area contributed by atoms with Gasteiger partial charge in [-0.15, -0.1) is 11.3 Å². The van der Waals surface area contributed by atoms with Crippen molar-refractivity contribution in [2.45, 2.75) is 59.3 Å². The standard InChI is InChI=1S/C23H37N5S2/c1-6-27(7-2)14-11-24-22(29)26-17-16-20-18(25-21(30-20)23(3,4)5)15-19(17)28-12-9-8-10-13-28/h15-16H,6-14H2,1-5H3,(H2,24,26,29). The van der Waals surface area contributed by atoms with E-state index in [0.29, 0.717) is 5.11 Å². The van der Waals surface area contributed by atoms with Gasteiger partial charge in [0.2, 0.25) is 0 Å². The van der Waals surface area contributed by atoms with Crippen LogP contribution in [0.2, 0.25) is 0 Å². The fourth-order valence-electron chi connectivity index (χ4n) is 3.81. The molecule has 2 heterocycles. The maximum Gasteiger partial charge on any atom is 0.170 e. The van der Waals surface area contributed by atoms with Crippen LogP contribution in [-0.2, 0) is 5.41 Å². The number of benzene rings is 1. The first-order valence-corrected chi connectivity index (χ1v) is 12.5. The van der Waals surface area contributed by atoms with E-state index in [0.717, 1.165) is 50.5 Å². The number of piperidine rings is 1. The number of nitrogens with zero attached hydrogens (tertiary/aromatic N) is 3. The summed E-state index contributed by atoms with van der Waals surface area (Å²) in [4.78, 5) is 9.84. The monoisotopic (exact) mass is 447 g/mol. The van der Waals surface area contributed by atoms with Crippen molar-refractivity contribution in [3.63, 3.8) is 0 Å². The van der Waals surface area contributed by atoms with Gasteiger partial charge < -0.3 is 20.4 Å². The summed E-state index contributed by atoms with van der Waals surface area (Å²) in [6.07, 6.45) is 3.81. The molecule has 1 aliphatic heterocycles. The van der Waals surface area contributed by atoms with Crippen LogP contribution in [-0.4, -0.2) is 54.3 Å². The smallest absolute Gasteiger partial charge is 0.170 e. The Morgan fingerprint density at radius 1 is 1.17 bits per heavy atom. The molecule has 0 spiro atoms. The number of thiazole rings is 1. The molecule has 1 aliphatic rings. The Morgan fingerprint density at radius 2 is 1.87 bits per heavy atom. The van der Waals surface area contributed by atoms with Crippen LogP contribution in [0.4, 0.5) is 11.4 Å². The third-order valence-electron chi connectivity index (χ3n) is 5.70. The van der Waals surface area contributed by atoms with Crippen LogP contribution in [0.3, 0.4) is 0 Å². The first kappa shape index (κ1) is 23.2. The summed E-state index contributed by atoms with van der Waals surface area (Å²) >= 11 is 7.43. The van der Waals surface area contributed by atoms with Crippen molar-refractivity contribution in [1.82, 2.24) is 15.2 Å². The zero-order chi connectivity index (χ0) is 21.7. The zero-order valence-corrected chi connectivity index (χ0v) is 20.8. The summed E-state index contributed by atoms with van der Waals surface area (Å²) in [5.74, 6) is 0. The van der Waals surface area contributed by atoms with Crippen LogP contribution in [0, 0.1) is 0 Å². The molecule has 0 radical (unpaired) electrons. The molecule has 0 aliphatic carbocycles. The van der Waals surface area contributed by atoms with Gasteiger partial charge in [0.15, 0.2) is 5.11 Å². The minimum absolute atomic E-state index is 0.0594. The van der Waals surface area contributed by atoms with Crippen LogP contribution < -0.4 is 15.5 Å². The number of aromatic nitrogens is 1. The molecule has 1 aromatic heterocycles. The number of anilines is 2. The summed E-state index contributed by atoms with van der Waals surface area (Å²) in [6.45, 7) is 17.2. The molecule has 2 N–H and O–H groups in total. The van der Waals surface area contributed by atoms with Gasteiger partial charge in [-0.2, -0.15) is 0 Å². The van der Waals surface area contributed by atoms with Crippen molar-refractivity contribution in [3.8, 4) is 0 Å². The van der Waals surface area contributed by atoms with E-state index < -0.39 is 0 Å². The number of rotatable bonds is 7. The van der Waals surface area contributed by atoms with Gasteiger partial charge in [-0.25, -0.2) is 4.98 Å². The number of likely N-dealkylation sites (N-methyl/N-ethyl adjacent to an activating group) is 1. The first-order chi connectivity index (χ1) is 14.3. The topological polar surface area (TPSA) is 43.4 Å². The van der Waals surface area contributed by atoms with Crippen molar-refractivity contribution in [1.29, 1.82) is 0 Å². The number of hydrogen-bond acceptors (Lipinski definition) is 5. The molecule has 0 atom stereocenters. The van der Waals surface area contributed by atoms with Crippen molar-refractivity contribution in [2.24, 2.45) is 0 Å². The fourth-order valence-corrected chi connectivity index (χ4v) is 5.07. The lowest BCUT2D eigenvalue weighted by Crippen LogP contribution is -2.37. The zero-order valence-electron chi connectivity index (χ0n) is 19.2. The molecule has 30 heavy (non-hydrogen) atoms. The lowest BCUT2D eigenvalue weighted by atomic mass is 9.98. The summed E-state index contributed by atoms with van der Waals surface area (Å²) in [7, 11) is 0. The molecule has 0 bridgehead atoms. The molecule has 0 amide bonds. The molecular formula is C23H37N5S2. The van der Waals surface area contributed by atoms with Crippen LogP contribution in [0.25, 0.3) is 10.2 Å². The van der Waals surface area contributed by atoms with Crippen LogP contribution >= 0.6 is 23.6 Å². The van der Waals surface area contributed by atoms with Crippen molar-refractivity contribution in [2.75, 3.05) is 49.5 Å². The molecule has 2 aromatic rings. The highest BCUT2D eigenvalue weighted by molar-refractivity contribution is 7.80. The summed E-state index contributed by atoms with van der Waals surface area (Å²) in [6, 6.07) is 4.50. The van der Waals surface area contributed by atoms with Gasteiger partial charge in [-0.1, -0.05) is 34.6 Å². The van der Waals surface area contributed by atoms with Gasteiger partial charge in [0.1, 0.15) is 0 Å². The van der Waals surface area contributed by atoms with Gasteiger partial charge in [0, 0.05) is 31.6 Å². The highest BCUT2D eigenvalue weighted by Gasteiger charge is 2.22. The number of thiocarbonyl (C=S) groups is 1. The van der Waals surface area contributed by atoms with E-state index in [1.807, 2.05) is 0 Å². The predicted octanol–water partition coefficient (Wildman–Crippen LogP) is 5.21. The van der Waals surface area contributed by atoms with Crippen LogP contribution in [0.1, 0.15) is 58.9 Å². The maximum absolute atomic E-state index is 5.64. The number of fused-ring (bicyclic) bond motifs is 1. The molecule has 5 nitrogen and oxygen atoms in total. The van der Waals surface area contributed by atoms with E-state index in [-0.39, 0.29) is 5.41 Å². The van der Waals surface area contributed by atoms with Gasteiger partial charge >= 0.3 is 0 Å². The maximum atomic E-state index is 5.64. The number of nitrogens with one attached hydrogen (secondary N) is 2. The molecular weight excluding hydrogens is 410 g/mol. The Bertz CT molecular complexity index is 845. The number of hydrogen-bond donors (Lipinski definition) is 2. The minimum atomic E-state index is 0.0594. The van der Waals surface area contributed by atoms with Gasteiger partial charge in [0.05, 0.1) is 26.6 Å². The Morgan fingerprint density at radius 3 is 2.50 bits per heavy atom. The normalized spacial score (nSPS) is 15.1. The SMILES string of the molecule is CCN(CC)CCNC(=S)Nc1cc2sc(C(C)(C)C)nc2cc1N1CCCCC1. The highest BCUT2D eigenvalue weighted by Crippen LogP contribution is 2.38.